The maximum atomic E-state index is 13.0. The number of carbonyl (C=O) groups excluding carboxylic acids is 1. The number of aryl methyl sites for hydroxylation is 1. The van der Waals surface area contributed by atoms with Crippen LogP contribution < -0.4 is 10.3 Å². The highest BCUT2D eigenvalue weighted by Crippen LogP contribution is 2.43. The van der Waals surface area contributed by atoms with Crippen molar-refractivity contribution in [3.05, 3.63) is 77.9 Å². The number of hydrazine groups is 1. The van der Waals surface area contributed by atoms with Crippen molar-refractivity contribution in [2.75, 3.05) is 10.3 Å². The number of anilines is 2. The fourth-order valence-electron chi connectivity index (χ4n) is 2.33. The van der Waals surface area contributed by atoms with Gasteiger partial charge in [-0.05, 0) is 19.1 Å². The van der Waals surface area contributed by atoms with Gasteiger partial charge in [0.2, 0.25) is 0 Å². The van der Waals surface area contributed by atoms with E-state index >= 15 is 0 Å². The van der Waals surface area contributed by atoms with Gasteiger partial charge in [-0.15, -0.1) is 0 Å². The Balaban J connectivity index is 2.70. The summed E-state index contributed by atoms with van der Waals surface area (Å²) in [7, 11) is 0. The minimum Gasteiger partial charge on any atom is -0.303 e. The van der Waals surface area contributed by atoms with E-state index in [9.17, 15) is 48.3 Å². The van der Waals surface area contributed by atoms with Crippen LogP contribution in [-0.2, 0) is 6.18 Å². The van der Waals surface area contributed by atoms with E-state index < -0.39 is 54.7 Å². The van der Waals surface area contributed by atoms with Gasteiger partial charge in [0.1, 0.15) is 0 Å². The smallest absolute Gasteiger partial charge is 0.303 e. The molecule has 30 heavy (non-hydrogen) atoms. The van der Waals surface area contributed by atoms with E-state index in [0.29, 0.717) is 0 Å². The predicted molar refractivity (Wildman–Crippen MR) is 94.4 cm³/mol. The van der Waals surface area contributed by atoms with Crippen molar-refractivity contribution in [2.45, 2.75) is 13.1 Å². The monoisotopic (exact) mass is 429 g/mol. The molecule has 0 heterocycles. The topological polar surface area (TPSA) is 162 Å². The molecule has 2 amide bonds. The van der Waals surface area contributed by atoms with Crippen LogP contribution in [0.25, 0.3) is 0 Å². The first-order valence-electron chi connectivity index (χ1n) is 7.69. The van der Waals surface area contributed by atoms with Gasteiger partial charge in [0.05, 0.1) is 15.4 Å². The highest BCUT2D eigenvalue weighted by Gasteiger charge is 2.45. The summed E-state index contributed by atoms with van der Waals surface area (Å²) in [4.78, 5) is 43.3. The standard InChI is InChI=1S/C15H10F3N5O7/c1-8-2-4-10(5-3-8)19-14(24)20(23(29)30)13-11(21(25)26)6-9(15(16,17)18)7-12(13)22(27)28/h2-7H,1H3,(H,19,24). The van der Waals surface area contributed by atoms with Crippen molar-refractivity contribution in [2.24, 2.45) is 0 Å². The second-order valence-corrected chi connectivity index (χ2v) is 5.72. The largest absolute Gasteiger partial charge is 0.416 e. The number of benzene rings is 2. The molecule has 0 spiro atoms. The van der Waals surface area contributed by atoms with Gasteiger partial charge in [0, 0.05) is 22.8 Å². The number of nitro benzene ring substituents is 2. The zero-order chi connectivity index (χ0) is 22.8. The molecule has 158 valence electrons. The van der Waals surface area contributed by atoms with Crippen LogP contribution in [0.3, 0.4) is 0 Å². The van der Waals surface area contributed by atoms with E-state index in [-0.39, 0.29) is 17.8 Å². The van der Waals surface area contributed by atoms with Crippen LogP contribution >= 0.6 is 0 Å². The number of nitrogens with zero attached hydrogens (tertiary/aromatic N) is 4. The van der Waals surface area contributed by atoms with Crippen LogP contribution in [0.5, 0.6) is 0 Å². The van der Waals surface area contributed by atoms with Crippen LogP contribution in [0, 0.1) is 37.3 Å². The van der Waals surface area contributed by atoms with Gasteiger partial charge >= 0.3 is 23.6 Å². The van der Waals surface area contributed by atoms with Crippen LogP contribution in [-0.4, -0.2) is 20.9 Å². The molecule has 12 nitrogen and oxygen atoms in total. The molecule has 1 N–H and O–H groups in total. The zero-order valence-electron chi connectivity index (χ0n) is 14.7. The number of hydrogen-bond acceptors (Lipinski definition) is 7. The molecule has 0 unspecified atom stereocenters. The number of urea groups is 1. The van der Waals surface area contributed by atoms with Crippen LogP contribution in [0.4, 0.5) is 40.7 Å². The maximum absolute atomic E-state index is 13.0. The Bertz CT molecular complexity index is 1000. The minimum absolute atomic E-state index is 0.00494. The first-order valence-corrected chi connectivity index (χ1v) is 7.69. The summed E-state index contributed by atoms with van der Waals surface area (Å²) in [5.41, 5.74) is -5.86. The fraction of sp³-hybridized carbons (Fsp3) is 0.133. The van der Waals surface area contributed by atoms with E-state index in [1.165, 1.54) is 24.3 Å². The summed E-state index contributed by atoms with van der Waals surface area (Å²) in [6.07, 6.45) is -5.22. The van der Waals surface area contributed by atoms with E-state index in [0.717, 1.165) is 5.56 Å². The average molecular weight is 429 g/mol. The average Bonchev–Trinajstić information content (AvgIpc) is 2.62. The lowest BCUT2D eigenvalue weighted by atomic mass is 10.1. The van der Waals surface area contributed by atoms with Crippen molar-refractivity contribution >= 4 is 28.8 Å². The van der Waals surface area contributed by atoms with Gasteiger partial charge in [-0.25, -0.2) is 14.9 Å². The molecule has 0 saturated heterocycles. The summed E-state index contributed by atoms with van der Waals surface area (Å²) in [6, 6.07) is 3.73. The molecule has 0 saturated carbocycles. The molecule has 0 aliphatic heterocycles. The van der Waals surface area contributed by atoms with E-state index in [2.05, 4.69) is 0 Å². The van der Waals surface area contributed by atoms with Gasteiger partial charge in [0.25, 0.3) is 5.69 Å². The normalized spacial score (nSPS) is 10.9. The Hall–Kier alpha value is -4.30. The number of hydrogen-bond donors (Lipinski definition) is 1. The molecule has 15 heteroatoms. The number of rotatable bonds is 5. The Morgan fingerprint density at radius 1 is 0.967 bits per heavy atom. The Kier molecular flexibility index (Phi) is 5.85. The van der Waals surface area contributed by atoms with Crippen LogP contribution in [0.1, 0.15) is 11.1 Å². The Morgan fingerprint density at radius 2 is 1.43 bits per heavy atom. The summed E-state index contributed by atoms with van der Waals surface area (Å²) in [5.74, 6) is 0. The van der Waals surface area contributed by atoms with Crippen molar-refractivity contribution < 1.29 is 32.8 Å². The molecule has 0 radical (unpaired) electrons. The van der Waals surface area contributed by atoms with Gasteiger partial charge in [0.15, 0.2) is 5.03 Å². The first-order chi connectivity index (χ1) is 13.8. The van der Waals surface area contributed by atoms with Crippen molar-refractivity contribution in [3.8, 4) is 0 Å². The van der Waals surface area contributed by atoms with Crippen molar-refractivity contribution in [1.82, 2.24) is 0 Å². The lowest BCUT2D eigenvalue weighted by Crippen LogP contribution is -2.40. The predicted octanol–water partition coefficient (Wildman–Crippen LogP) is 4.06. The highest BCUT2D eigenvalue weighted by atomic mass is 19.4. The summed E-state index contributed by atoms with van der Waals surface area (Å²) < 4.78 is 38.9. The van der Waals surface area contributed by atoms with Crippen LogP contribution in [0.2, 0.25) is 0 Å². The number of nitrogens with one attached hydrogen (secondary N) is 1. The van der Waals surface area contributed by atoms with E-state index in [1.807, 2.05) is 5.32 Å². The maximum Gasteiger partial charge on any atom is 0.416 e. The number of nitro groups is 3. The Labute approximate surface area is 163 Å². The molecule has 0 bridgehead atoms. The second kappa shape index (κ2) is 7.98. The Morgan fingerprint density at radius 3 is 1.80 bits per heavy atom. The molecule has 2 rings (SSSR count). The molecule has 0 fully saturated rings. The number of carbonyl (C=O) groups is 1. The van der Waals surface area contributed by atoms with Crippen molar-refractivity contribution in [3.63, 3.8) is 0 Å². The third kappa shape index (κ3) is 4.57. The number of alkyl halides is 3. The lowest BCUT2D eigenvalue weighted by molar-refractivity contribution is -0.484. The van der Waals surface area contributed by atoms with Gasteiger partial charge in [-0.3, -0.25) is 20.2 Å². The van der Waals surface area contributed by atoms with Gasteiger partial charge in [-0.1, -0.05) is 17.7 Å². The molecule has 0 aliphatic carbocycles. The summed E-state index contributed by atoms with van der Waals surface area (Å²) in [6.45, 7) is 1.70. The molecule has 0 atom stereocenters. The fourth-order valence-corrected chi connectivity index (χ4v) is 2.33. The van der Waals surface area contributed by atoms with Gasteiger partial charge < -0.3 is 5.32 Å². The van der Waals surface area contributed by atoms with Crippen LogP contribution in [0.15, 0.2) is 36.4 Å². The third-order valence-corrected chi connectivity index (χ3v) is 3.66. The molecule has 0 aromatic heterocycles. The molecule has 2 aromatic rings. The SMILES string of the molecule is Cc1ccc(NC(=O)N(c2c([N+](=O)[O-])cc(C(F)(F)F)cc2[N+](=O)[O-])[N+](=O)[O-])cc1. The quantitative estimate of drug-likeness (QED) is 0.553. The molecule has 0 aliphatic rings. The van der Waals surface area contributed by atoms with E-state index in [1.54, 1.807) is 6.92 Å². The molecule has 2 aromatic carbocycles. The highest BCUT2D eigenvalue weighted by molar-refractivity contribution is 6.03. The zero-order valence-corrected chi connectivity index (χ0v) is 14.7. The third-order valence-electron chi connectivity index (χ3n) is 3.66. The lowest BCUT2D eigenvalue weighted by Gasteiger charge is -2.15. The number of amides is 2. The molecular weight excluding hydrogens is 419 g/mol. The van der Waals surface area contributed by atoms with E-state index in [4.69, 9.17) is 0 Å². The summed E-state index contributed by atoms with van der Waals surface area (Å²) in [5, 5.41) is 33.8. The summed E-state index contributed by atoms with van der Waals surface area (Å²) >= 11 is 0. The molecular formula is C15H10F3N5O7. The van der Waals surface area contributed by atoms with Crippen molar-refractivity contribution in [1.29, 1.82) is 0 Å². The van der Waals surface area contributed by atoms with Gasteiger partial charge in [-0.2, -0.15) is 13.2 Å². The second-order valence-electron chi connectivity index (χ2n) is 5.72. The first kappa shape index (κ1) is 22.0. The number of halogens is 3. The minimum atomic E-state index is -5.22.